The van der Waals surface area contributed by atoms with Crippen LogP contribution in [0.15, 0.2) is 5.16 Å². The van der Waals surface area contributed by atoms with Gasteiger partial charge in [0.05, 0.1) is 12.2 Å². The van der Waals surface area contributed by atoms with Crippen LogP contribution in [0.4, 0.5) is 13.2 Å². The third-order valence-corrected chi connectivity index (χ3v) is 2.55. The summed E-state index contributed by atoms with van der Waals surface area (Å²) in [4.78, 5) is 0. The summed E-state index contributed by atoms with van der Waals surface area (Å²) in [6.07, 6.45) is -4.17. The number of ether oxygens (including phenoxy) is 2. The molecule has 0 aliphatic carbocycles. The first-order valence-corrected chi connectivity index (χ1v) is 5.31. The zero-order valence-corrected chi connectivity index (χ0v) is 10.6. The number of nitrogens with two attached hydrogens (primary N) is 1. The summed E-state index contributed by atoms with van der Waals surface area (Å²) in [5.74, 6) is -3.01. The number of halogens is 3. The molecule has 0 aliphatic rings. The molecule has 0 amide bonds. The fourth-order valence-electron chi connectivity index (χ4n) is 1.04. The number of oxime groups is 1. The Morgan fingerprint density at radius 3 is 2.33 bits per heavy atom. The first kappa shape index (κ1) is 17.0. The summed E-state index contributed by atoms with van der Waals surface area (Å²) in [7, 11) is 1.51. The highest BCUT2D eigenvalue weighted by Gasteiger charge is 2.43. The van der Waals surface area contributed by atoms with E-state index < -0.39 is 30.1 Å². The van der Waals surface area contributed by atoms with Crippen LogP contribution < -0.4 is 5.73 Å². The van der Waals surface area contributed by atoms with E-state index in [1.165, 1.54) is 7.11 Å². The molecule has 0 fully saturated rings. The third kappa shape index (κ3) is 6.06. The smallest absolute Gasteiger partial charge is 0.401 e. The fourth-order valence-corrected chi connectivity index (χ4v) is 1.04. The van der Waals surface area contributed by atoms with Gasteiger partial charge in [-0.2, -0.15) is 13.2 Å². The Bertz CT molecular complexity index is 280. The Balaban J connectivity index is 4.23. The molecule has 0 aromatic rings. The second-order valence-corrected chi connectivity index (χ2v) is 4.41. The van der Waals surface area contributed by atoms with Gasteiger partial charge in [-0.25, -0.2) is 0 Å². The maximum Gasteiger partial charge on any atom is 0.401 e. The van der Waals surface area contributed by atoms with Gasteiger partial charge in [0.2, 0.25) is 0 Å². The molecule has 18 heavy (non-hydrogen) atoms. The third-order valence-electron chi connectivity index (χ3n) is 2.55. The van der Waals surface area contributed by atoms with Crippen molar-refractivity contribution in [2.45, 2.75) is 32.0 Å². The van der Waals surface area contributed by atoms with Crippen molar-refractivity contribution >= 4 is 5.84 Å². The van der Waals surface area contributed by atoms with Gasteiger partial charge in [0, 0.05) is 13.7 Å². The molecule has 0 heterocycles. The van der Waals surface area contributed by atoms with Crippen LogP contribution in [0.5, 0.6) is 0 Å². The summed E-state index contributed by atoms with van der Waals surface area (Å²) in [6, 6.07) is 0. The van der Waals surface area contributed by atoms with Gasteiger partial charge in [-0.05, 0) is 20.3 Å². The molecular weight excluding hydrogens is 253 g/mol. The SMILES string of the molecule is COC(C)(C)CCOCC(C(N)=NO)C(F)(F)F. The number of alkyl halides is 3. The van der Waals surface area contributed by atoms with Crippen LogP contribution in [0.3, 0.4) is 0 Å². The standard InChI is InChI=1S/C10H19F3N2O3/c1-9(2,17-3)4-5-18-6-7(8(14)15-16)10(11,12)13/h7,16H,4-6H2,1-3H3,(H2,14,15). The van der Waals surface area contributed by atoms with Gasteiger partial charge in [0.25, 0.3) is 0 Å². The molecule has 0 radical (unpaired) electrons. The van der Waals surface area contributed by atoms with Gasteiger partial charge in [0.15, 0.2) is 5.84 Å². The zero-order valence-electron chi connectivity index (χ0n) is 10.6. The number of hydrogen-bond donors (Lipinski definition) is 2. The van der Waals surface area contributed by atoms with Crippen molar-refractivity contribution in [1.82, 2.24) is 0 Å². The first-order valence-electron chi connectivity index (χ1n) is 5.31. The number of amidine groups is 1. The minimum Gasteiger partial charge on any atom is -0.409 e. The Kier molecular flexibility index (Phi) is 6.41. The highest BCUT2D eigenvalue weighted by atomic mass is 19.4. The average molecular weight is 272 g/mol. The quantitative estimate of drug-likeness (QED) is 0.243. The number of rotatable bonds is 7. The highest BCUT2D eigenvalue weighted by molar-refractivity contribution is 5.83. The van der Waals surface area contributed by atoms with Crippen molar-refractivity contribution in [2.75, 3.05) is 20.3 Å². The molecule has 3 N–H and O–H groups in total. The van der Waals surface area contributed by atoms with Crippen molar-refractivity contribution in [3.05, 3.63) is 0 Å². The van der Waals surface area contributed by atoms with E-state index in [9.17, 15) is 13.2 Å². The molecule has 0 spiro atoms. The van der Waals surface area contributed by atoms with Gasteiger partial charge in [-0.3, -0.25) is 0 Å². The molecule has 1 unspecified atom stereocenters. The number of hydrogen-bond acceptors (Lipinski definition) is 4. The van der Waals surface area contributed by atoms with E-state index in [4.69, 9.17) is 20.4 Å². The van der Waals surface area contributed by atoms with Crippen LogP contribution in [0, 0.1) is 5.92 Å². The van der Waals surface area contributed by atoms with Gasteiger partial charge >= 0.3 is 6.18 Å². The Morgan fingerprint density at radius 2 is 1.94 bits per heavy atom. The molecule has 0 aromatic carbocycles. The van der Waals surface area contributed by atoms with Crippen molar-refractivity contribution in [3.8, 4) is 0 Å². The predicted octanol–water partition coefficient (Wildman–Crippen LogP) is 1.74. The van der Waals surface area contributed by atoms with Crippen molar-refractivity contribution < 1.29 is 27.9 Å². The Hall–Kier alpha value is -1.02. The molecule has 0 saturated carbocycles. The fraction of sp³-hybridized carbons (Fsp3) is 0.900. The van der Waals surface area contributed by atoms with E-state index in [1.54, 1.807) is 13.8 Å². The van der Waals surface area contributed by atoms with E-state index in [-0.39, 0.29) is 6.61 Å². The molecule has 0 rings (SSSR count). The predicted molar refractivity (Wildman–Crippen MR) is 59.5 cm³/mol. The lowest BCUT2D eigenvalue weighted by molar-refractivity contribution is -0.169. The second kappa shape index (κ2) is 6.79. The van der Waals surface area contributed by atoms with Crippen LogP contribution in [0.1, 0.15) is 20.3 Å². The largest absolute Gasteiger partial charge is 0.409 e. The summed E-state index contributed by atoms with van der Waals surface area (Å²) in [5, 5.41) is 10.6. The van der Waals surface area contributed by atoms with E-state index in [0.717, 1.165) is 0 Å². The normalized spacial score (nSPS) is 15.8. The van der Waals surface area contributed by atoms with Crippen molar-refractivity contribution in [2.24, 2.45) is 16.8 Å². The molecule has 1 atom stereocenters. The molecular formula is C10H19F3N2O3. The molecule has 0 aromatic heterocycles. The van der Waals surface area contributed by atoms with Gasteiger partial charge < -0.3 is 20.4 Å². The molecule has 8 heteroatoms. The van der Waals surface area contributed by atoms with Crippen LogP contribution in [-0.2, 0) is 9.47 Å². The molecule has 0 saturated heterocycles. The lowest BCUT2D eigenvalue weighted by Crippen LogP contribution is -2.39. The van der Waals surface area contributed by atoms with Crippen molar-refractivity contribution in [1.29, 1.82) is 0 Å². The maximum absolute atomic E-state index is 12.5. The van der Waals surface area contributed by atoms with Crippen LogP contribution in [0.2, 0.25) is 0 Å². The Labute approximate surface area is 104 Å². The minimum absolute atomic E-state index is 0.0894. The van der Waals surface area contributed by atoms with Gasteiger partial charge in [-0.1, -0.05) is 5.16 Å². The zero-order chi connectivity index (χ0) is 14.4. The van der Waals surface area contributed by atoms with Gasteiger partial charge in [-0.15, -0.1) is 0 Å². The topological polar surface area (TPSA) is 77.1 Å². The lowest BCUT2D eigenvalue weighted by Gasteiger charge is -2.23. The van der Waals surface area contributed by atoms with Gasteiger partial charge in [0.1, 0.15) is 5.92 Å². The molecule has 5 nitrogen and oxygen atoms in total. The van der Waals surface area contributed by atoms with E-state index >= 15 is 0 Å². The summed E-state index contributed by atoms with van der Waals surface area (Å²) in [5.41, 5.74) is 4.50. The molecule has 0 bridgehead atoms. The summed E-state index contributed by atoms with van der Waals surface area (Å²) < 4.78 is 47.5. The van der Waals surface area contributed by atoms with E-state index in [0.29, 0.717) is 6.42 Å². The summed E-state index contributed by atoms with van der Waals surface area (Å²) in [6.45, 7) is 2.99. The van der Waals surface area contributed by atoms with Crippen LogP contribution in [-0.4, -0.2) is 43.1 Å². The number of methoxy groups -OCH3 is 1. The summed E-state index contributed by atoms with van der Waals surface area (Å²) >= 11 is 0. The maximum atomic E-state index is 12.5. The Morgan fingerprint density at radius 1 is 1.39 bits per heavy atom. The molecule has 108 valence electrons. The molecule has 0 aliphatic heterocycles. The lowest BCUT2D eigenvalue weighted by atomic mass is 10.1. The van der Waals surface area contributed by atoms with Crippen LogP contribution >= 0.6 is 0 Å². The van der Waals surface area contributed by atoms with Crippen LogP contribution in [0.25, 0.3) is 0 Å². The van der Waals surface area contributed by atoms with E-state index in [2.05, 4.69) is 5.16 Å². The average Bonchev–Trinajstić information content (AvgIpc) is 2.26. The minimum atomic E-state index is -4.60. The number of nitrogens with zero attached hydrogens (tertiary/aromatic N) is 1. The van der Waals surface area contributed by atoms with Crippen molar-refractivity contribution in [3.63, 3.8) is 0 Å². The monoisotopic (exact) mass is 272 g/mol. The second-order valence-electron chi connectivity index (χ2n) is 4.41. The first-order chi connectivity index (χ1) is 8.14. The highest BCUT2D eigenvalue weighted by Crippen LogP contribution is 2.26. The van der Waals surface area contributed by atoms with E-state index in [1.807, 2.05) is 0 Å².